The zero-order valence-electron chi connectivity index (χ0n) is 14.6. The van der Waals surface area contributed by atoms with Crippen molar-refractivity contribution in [2.45, 2.75) is 23.9 Å². The number of pyridine rings is 1. The van der Waals surface area contributed by atoms with Crippen LogP contribution >= 0.6 is 0 Å². The number of alkyl halides is 3. The molecule has 152 valence electrons. The molecule has 0 radical (unpaired) electrons. The van der Waals surface area contributed by atoms with Gasteiger partial charge in [-0.15, -0.1) is 0 Å². The van der Waals surface area contributed by atoms with Crippen LogP contribution in [0.2, 0.25) is 0 Å². The number of sulfone groups is 1. The molecule has 0 bridgehead atoms. The Kier molecular flexibility index (Phi) is 6.48. The number of halogens is 3. The Morgan fingerprint density at radius 3 is 2.52 bits per heavy atom. The van der Waals surface area contributed by atoms with Gasteiger partial charge in [0.15, 0.2) is 9.84 Å². The lowest BCUT2D eigenvalue weighted by molar-refractivity contribution is -0.192. The summed E-state index contributed by atoms with van der Waals surface area (Å²) in [7, 11) is -1.35. The number of hydrogen-bond donors (Lipinski definition) is 1. The van der Waals surface area contributed by atoms with Crippen molar-refractivity contribution in [3.8, 4) is 0 Å². The molecule has 2 fully saturated rings. The molecule has 1 aromatic heterocycles. The molecular weight excluding hydrogens is 389 g/mol. The Morgan fingerprint density at radius 2 is 2.04 bits per heavy atom. The molecule has 0 amide bonds. The number of aromatic nitrogens is 1. The SMILES string of the molecule is COCC1CCS(=O)(=O)C12CN(Cc1ccccn1)C2.O=C(O)C(F)(F)F. The summed E-state index contributed by atoms with van der Waals surface area (Å²) < 4.78 is 61.1. The first-order chi connectivity index (χ1) is 12.5. The second-order valence-corrected chi connectivity index (χ2v) is 9.04. The molecule has 1 spiro atoms. The minimum Gasteiger partial charge on any atom is -0.475 e. The second-order valence-electron chi connectivity index (χ2n) is 6.59. The predicted octanol–water partition coefficient (Wildman–Crippen LogP) is 1.35. The average molecular weight is 410 g/mol. The van der Waals surface area contributed by atoms with Gasteiger partial charge < -0.3 is 9.84 Å². The number of carboxylic acid groups (broad SMARTS) is 1. The fourth-order valence-electron chi connectivity index (χ4n) is 3.45. The summed E-state index contributed by atoms with van der Waals surface area (Å²) in [5.74, 6) is -2.32. The van der Waals surface area contributed by atoms with E-state index in [0.717, 1.165) is 18.7 Å². The third-order valence-electron chi connectivity index (χ3n) is 4.80. The molecule has 11 heteroatoms. The van der Waals surface area contributed by atoms with Crippen LogP contribution in [0.15, 0.2) is 24.4 Å². The summed E-state index contributed by atoms with van der Waals surface area (Å²) >= 11 is 0. The first kappa shape index (κ1) is 21.6. The van der Waals surface area contributed by atoms with Crippen LogP contribution in [0.3, 0.4) is 0 Å². The maximum absolute atomic E-state index is 12.4. The molecule has 2 saturated heterocycles. The number of ether oxygens (including phenoxy) is 1. The van der Waals surface area contributed by atoms with Crippen LogP contribution in [0, 0.1) is 5.92 Å². The second kappa shape index (κ2) is 8.11. The van der Waals surface area contributed by atoms with Crippen molar-refractivity contribution in [2.75, 3.05) is 32.6 Å². The van der Waals surface area contributed by atoms with Crippen LogP contribution in [-0.4, -0.2) is 72.9 Å². The van der Waals surface area contributed by atoms with E-state index < -0.39 is 26.7 Å². The van der Waals surface area contributed by atoms with Crippen LogP contribution in [0.5, 0.6) is 0 Å². The zero-order valence-corrected chi connectivity index (χ0v) is 15.5. The molecule has 3 heterocycles. The summed E-state index contributed by atoms with van der Waals surface area (Å²) in [6.07, 6.45) is -2.58. The molecule has 1 unspecified atom stereocenters. The summed E-state index contributed by atoms with van der Waals surface area (Å²) in [6, 6.07) is 5.82. The maximum Gasteiger partial charge on any atom is 0.490 e. The predicted molar refractivity (Wildman–Crippen MR) is 89.7 cm³/mol. The number of methoxy groups -OCH3 is 1. The lowest BCUT2D eigenvalue weighted by atomic mass is 9.83. The Bertz CT molecular complexity index is 749. The Hall–Kier alpha value is -1.72. The van der Waals surface area contributed by atoms with Gasteiger partial charge in [-0.2, -0.15) is 13.2 Å². The topological polar surface area (TPSA) is 96.8 Å². The number of rotatable bonds is 4. The van der Waals surface area contributed by atoms with Gasteiger partial charge in [0, 0.05) is 38.9 Å². The van der Waals surface area contributed by atoms with E-state index in [-0.39, 0.29) is 5.92 Å². The molecule has 7 nitrogen and oxygen atoms in total. The molecule has 1 atom stereocenters. The van der Waals surface area contributed by atoms with Crippen molar-refractivity contribution in [2.24, 2.45) is 5.92 Å². The van der Waals surface area contributed by atoms with Gasteiger partial charge >= 0.3 is 12.1 Å². The number of carbonyl (C=O) groups is 1. The van der Waals surface area contributed by atoms with E-state index >= 15 is 0 Å². The van der Waals surface area contributed by atoms with Crippen molar-refractivity contribution in [3.05, 3.63) is 30.1 Å². The molecule has 0 saturated carbocycles. The van der Waals surface area contributed by atoms with Crippen LogP contribution in [0.1, 0.15) is 12.1 Å². The highest BCUT2D eigenvalue weighted by molar-refractivity contribution is 7.93. The Morgan fingerprint density at radius 1 is 1.41 bits per heavy atom. The Balaban J connectivity index is 0.000000321. The molecule has 3 rings (SSSR count). The number of nitrogens with zero attached hydrogens (tertiary/aromatic N) is 2. The van der Waals surface area contributed by atoms with Gasteiger partial charge in [0.1, 0.15) is 4.75 Å². The minimum absolute atomic E-state index is 0.137. The van der Waals surface area contributed by atoms with E-state index in [2.05, 4.69) is 9.88 Å². The lowest BCUT2D eigenvalue weighted by Gasteiger charge is -2.49. The number of aliphatic carboxylic acids is 1. The molecule has 0 aliphatic carbocycles. The van der Waals surface area contributed by atoms with Crippen molar-refractivity contribution in [3.63, 3.8) is 0 Å². The van der Waals surface area contributed by atoms with Gasteiger partial charge in [-0.1, -0.05) is 6.07 Å². The van der Waals surface area contributed by atoms with E-state index in [0.29, 0.717) is 25.4 Å². The van der Waals surface area contributed by atoms with Crippen molar-refractivity contribution in [1.29, 1.82) is 0 Å². The molecule has 1 N–H and O–H groups in total. The first-order valence-electron chi connectivity index (χ1n) is 8.15. The van der Waals surface area contributed by atoms with E-state index in [9.17, 15) is 21.6 Å². The number of carboxylic acids is 1. The van der Waals surface area contributed by atoms with E-state index in [4.69, 9.17) is 14.6 Å². The van der Waals surface area contributed by atoms with Gasteiger partial charge in [0.25, 0.3) is 0 Å². The smallest absolute Gasteiger partial charge is 0.475 e. The van der Waals surface area contributed by atoms with Gasteiger partial charge in [0.05, 0.1) is 18.1 Å². The maximum atomic E-state index is 12.4. The minimum atomic E-state index is -5.08. The van der Waals surface area contributed by atoms with Gasteiger partial charge in [-0.25, -0.2) is 13.2 Å². The molecule has 27 heavy (non-hydrogen) atoms. The molecule has 2 aliphatic heterocycles. The van der Waals surface area contributed by atoms with Gasteiger partial charge in [-0.05, 0) is 18.6 Å². The summed E-state index contributed by atoms with van der Waals surface area (Å²) in [4.78, 5) is 15.3. The van der Waals surface area contributed by atoms with Crippen molar-refractivity contribution >= 4 is 15.8 Å². The van der Waals surface area contributed by atoms with E-state index in [1.165, 1.54) is 0 Å². The van der Waals surface area contributed by atoms with Crippen LogP contribution < -0.4 is 0 Å². The Labute approximate surface area is 155 Å². The van der Waals surface area contributed by atoms with Crippen LogP contribution in [0.4, 0.5) is 13.2 Å². The third kappa shape index (κ3) is 4.77. The van der Waals surface area contributed by atoms with Crippen LogP contribution in [0.25, 0.3) is 0 Å². The summed E-state index contributed by atoms with van der Waals surface area (Å²) in [5, 5.41) is 7.12. The average Bonchev–Trinajstić information content (AvgIpc) is 2.80. The zero-order chi connectivity index (χ0) is 20.3. The highest BCUT2D eigenvalue weighted by Gasteiger charge is 2.61. The summed E-state index contributed by atoms with van der Waals surface area (Å²) in [6.45, 7) is 2.48. The standard InChI is InChI=1S/C14H20N2O3S.C2HF3O2/c1-19-9-12-5-7-20(17,18)14(12)10-16(11-14)8-13-4-2-3-6-15-13;3-2(4,5)1(6)7/h2-4,6,12H,5,7-11H2,1H3;(H,6,7). The highest BCUT2D eigenvalue weighted by atomic mass is 32.2. The monoisotopic (exact) mass is 410 g/mol. The quantitative estimate of drug-likeness (QED) is 0.800. The molecule has 1 aromatic rings. The lowest BCUT2D eigenvalue weighted by Crippen LogP contribution is -2.67. The third-order valence-corrected chi connectivity index (χ3v) is 7.41. The molecule has 0 aromatic carbocycles. The first-order valence-corrected chi connectivity index (χ1v) is 9.80. The van der Waals surface area contributed by atoms with Crippen molar-refractivity contribution in [1.82, 2.24) is 9.88 Å². The normalized spacial score (nSPS) is 23.3. The molecular formula is C16H21F3N2O5S. The van der Waals surface area contributed by atoms with Crippen LogP contribution in [-0.2, 0) is 25.9 Å². The number of likely N-dealkylation sites (tertiary alicyclic amines) is 1. The van der Waals surface area contributed by atoms with Gasteiger partial charge in [0.2, 0.25) is 0 Å². The largest absolute Gasteiger partial charge is 0.490 e. The van der Waals surface area contributed by atoms with Gasteiger partial charge in [-0.3, -0.25) is 9.88 Å². The molecule has 2 aliphatic rings. The highest BCUT2D eigenvalue weighted by Crippen LogP contribution is 2.45. The van der Waals surface area contributed by atoms with Crippen molar-refractivity contribution < 1.29 is 36.2 Å². The number of hydrogen-bond acceptors (Lipinski definition) is 6. The fraction of sp³-hybridized carbons (Fsp3) is 0.625. The summed E-state index contributed by atoms with van der Waals surface area (Å²) in [5.41, 5.74) is 0.987. The van der Waals surface area contributed by atoms with E-state index in [1.807, 2.05) is 18.2 Å². The fourth-order valence-corrected chi connectivity index (χ4v) is 5.91. The van der Waals surface area contributed by atoms with E-state index in [1.54, 1.807) is 13.3 Å².